The van der Waals surface area contributed by atoms with Crippen LogP contribution in [0, 0.1) is 13.8 Å². The van der Waals surface area contributed by atoms with E-state index in [4.69, 9.17) is 18.9 Å². The van der Waals surface area contributed by atoms with Gasteiger partial charge in [0.1, 0.15) is 18.1 Å². The maximum absolute atomic E-state index is 13.0. The molecule has 4 rings (SSSR count). The SMILES string of the molecule is C=CC(=O)OCc1ccc(-c2ccc3cc(C(=O)Oc4ccc(OCOC(=O)C(=C)C)c(C)c4C)ccc3c2)cc1. The van der Waals surface area contributed by atoms with Gasteiger partial charge in [0.05, 0.1) is 5.56 Å². The Balaban J connectivity index is 1.43. The van der Waals surface area contributed by atoms with Gasteiger partial charge in [0, 0.05) is 11.6 Å². The van der Waals surface area contributed by atoms with Crippen molar-refractivity contribution in [2.45, 2.75) is 27.4 Å². The van der Waals surface area contributed by atoms with Crippen molar-refractivity contribution in [3.63, 3.8) is 0 Å². The predicted molar refractivity (Wildman–Crippen MR) is 157 cm³/mol. The molecule has 0 heterocycles. The highest BCUT2D eigenvalue weighted by molar-refractivity contribution is 5.97. The van der Waals surface area contributed by atoms with Crippen molar-refractivity contribution < 1.29 is 33.3 Å². The van der Waals surface area contributed by atoms with Crippen LogP contribution in [-0.2, 0) is 25.7 Å². The van der Waals surface area contributed by atoms with Crippen LogP contribution in [0.15, 0.2) is 97.6 Å². The number of ether oxygens (including phenoxy) is 4. The normalized spacial score (nSPS) is 10.5. The van der Waals surface area contributed by atoms with E-state index in [0.717, 1.165) is 44.7 Å². The monoisotopic (exact) mass is 550 g/mol. The summed E-state index contributed by atoms with van der Waals surface area (Å²) in [6.45, 7) is 12.1. The van der Waals surface area contributed by atoms with E-state index in [-0.39, 0.29) is 19.0 Å². The summed E-state index contributed by atoms with van der Waals surface area (Å²) in [5.41, 5.74) is 5.12. The molecule has 0 aromatic heterocycles. The molecule has 0 fully saturated rings. The first-order valence-electron chi connectivity index (χ1n) is 12.9. The first-order chi connectivity index (χ1) is 19.7. The number of rotatable bonds is 10. The Morgan fingerprint density at radius 3 is 2.12 bits per heavy atom. The van der Waals surface area contributed by atoms with E-state index in [0.29, 0.717) is 17.1 Å². The third-order valence-electron chi connectivity index (χ3n) is 6.55. The van der Waals surface area contributed by atoms with Crippen LogP contribution in [0.1, 0.15) is 34.0 Å². The minimum absolute atomic E-state index is 0.186. The van der Waals surface area contributed by atoms with Crippen molar-refractivity contribution in [3.8, 4) is 22.6 Å². The maximum Gasteiger partial charge on any atom is 0.343 e. The minimum atomic E-state index is -0.532. The fraction of sp³-hybridized carbons (Fsp3) is 0.147. The lowest BCUT2D eigenvalue weighted by molar-refractivity contribution is -0.145. The zero-order valence-corrected chi connectivity index (χ0v) is 23.2. The molecule has 0 bridgehead atoms. The molecule has 4 aromatic carbocycles. The van der Waals surface area contributed by atoms with Gasteiger partial charge in [0.2, 0.25) is 6.79 Å². The summed E-state index contributed by atoms with van der Waals surface area (Å²) in [5.74, 6) is -0.535. The van der Waals surface area contributed by atoms with Gasteiger partial charge >= 0.3 is 17.9 Å². The second kappa shape index (κ2) is 12.8. The lowest BCUT2D eigenvalue weighted by atomic mass is 9.99. The third-order valence-corrected chi connectivity index (χ3v) is 6.55. The van der Waals surface area contributed by atoms with Crippen molar-refractivity contribution in [2.24, 2.45) is 0 Å². The molecule has 7 heteroatoms. The van der Waals surface area contributed by atoms with E-state index in [1.54, 1.807) is 31.2 Å². The van der Waals surface area contributed by atoms with E-state index >= 15 is 0 Å². The molecule has 7 nitrogen and oxygen atoms in total. The summed E-state index contributed by atoms with van der Waals surface area (Å²) in [4.78, 5) is 35.8. The van der Waals surface area contributed by atoms with Gasteiger partial charge in [-0.1, -0.05) is 55.6 Å². The van der Waals surface area contributed by atoms with Gasteiger partial charge in [-0.2, -0.15) is 0 Å². The van der Waals surface area contributed by atoms with Crippen molar-refractivity contribution in [1.29, 1.82) is 0 Å². The van der Waals surface area contributed by atoms with Crippen LogP contribution < -0.4 is 9.47 Å². The molecular weight excluding hydrogens is 520 g/mol. The molecule has 0 radical (unpaired) electrons. The molecule has 41 heavy (non-hydrogen) atoms. The molecule has 0 aliphatic heterocycles. The first kappa shape index (κ1) is 28.8. The standard InChI is InChI=1S/C34H30O7/c1-6-32(35)38-19-24-7-9-25(10-8-24)26-11-12-28-18-29(14-13-27(28)17-26)34(37)41-31-16-15-30(22(4)23(31)5)39-20-40-33(36)21(2)3/h6-18H,1-2,19-20H2,3-5H3. The highest BCUT2D eigenvalue weighted by Gasteiger charge is 2.15. The van der Waals surface area contributed by atoms with Crippen molar-refractivity contribution in [2.75, 3.05) is 6.79 Å². The van der Waals surface area contributed by atoms with Crippen LogP contribution in [0.3, 0.4) is 0 Å². The van der Waals surface area contributed by atoms with Crippen LogP contribution in [0.2, 0.25) is 0 Å². The Labute approximate surface area is 238 Å². The van der Waals surface area contributed by atoms with Crippen LogP contribution in [0.25, 0.3) is 21.9 Å². The third kappa shape index (κ3) is 7.08. The molecule has 0 amide bonds. The Kier molecular flexibility index (Phi) is 8.99. The van der Waals surface area contributed by atoms with E-state index in [1.807, 2.05) is 56.3 Å². The number of carbonyl (C=O) groups is 3. The van der Waals surface area contributed by atoms with E-state index < -0.39 is 17.9 Å². The zero-order valence-electron chi connectivity index (χ0n) is 23.2. The smallest absolute Gasteiger partial charge is 0.343 e. The number of hydrogen-bond donors (Lipinski definition) is 0. The molecule has 0 saturated carbocycles. The molecule has 0 atom stereocenters. The summed E-state index contributed by atoms with van der Waals surface area (Å²) in [6.07, 6.45) is 1.14. The average Bonchev–Trinajstić information content (AvgIpc) is 2.98. The van der Waals surface area contributed by atoms with E-state index in [9.17, 15) is 14.4 Å². The van der Waals surface area contributed by atoms with Gasteiger partial charge in [0.15, 0.2) is 0 Å². The maximum atomic E-state index is 13.0. The first-order valence-corrected chi connectivity index (χ1v) is 12.9. The average molecular weight is 551 g/mol. The fourth-order valence-corrected chi connectivity index (χ4v) is 4.03. The molecule has 0 aliphatic rings. The van der Waals surface area contributed by atoms with Gasteiger partial charge in [-0.15, -0.1) is 0 Å². The molecule has 0 unspecified atom stereocenters. The largest absolute Gasteiger partial charge is 0.458 e. The second-order valence-electron chi connectivity index (χ2n) is 9.46. The van der Waals surface area contributed by atoms with Crippen LogP contribution in [0.5, 0.6) is 11.5 Å². The molecular formula is C34H30O7. The number of hydrogen-bond acceptors (Lipinski definition) is 7. The molecule has 0 N–H and O–H groups in total. The number of carbonyl (C=O) groups excluding carboxylic acids is 3. The zero-order chi connectivity index (χ0) is 29.5. The Morgan fingerprint density at radius 2 is 1.41 bits per heavy atom. The summed E-state index contributed by atoms with van der Waals surface area (Å²) in [6, 6.07) is 22.5. The van der Waals surface area contributed by atoms with Crippen LogP contribution in [-0.4, -0.2) is 24.7 Å². The Hall–Kier alpha value is -5.17. The fourth-order valence-electron chi connectivity index (χ4n) is 4.03. The summed E-state index contributed by atoms with van der Waals surface area (Å²) >= 11 is 0. The highest BCUT2D eigenvalue weighted by atomic mass is 16.7. The van der Waals surface area contributed by atoms with Gasteiger partial charge in [-0.3, -0.25) is 0 Å². The Morgan fingerprint density at radius 1 is 0.780 bits per heavy atom. The van der Waals surface area contributed by atoms with Crippen molar-refractivity contribution in [3.05, 3.63) is 120 Å². The summed E-state index contributed by atoms with van der Waals surface area (Å²) in [5, 5.41) is 1.88. The highest BCUT2D eigenvalue weighted by Crippen LogP contribution is 2.31. The second-order valence-corrected chi connectivity index (χ2v) is 9.46. The topological polar surface area (TPSA) is 88.1 Å². The Bertz CT molecular complexity index is 1650. The minimum Gasteiger partial charge on any atom is -0.458 e. The molecule has 0 spiro atoms. The number of fused-ring (bicyclic) bond motifs is 1. The summed E-state index contributed by atoms with van der Waals surface area (Å²) in [7, 11) is 0. The van der Waals surface area contributed by atoms with Gasteiger partial charge in [-0.05, 0) is 89.7 Å². The lowest BCUT2D eigenvalue weighted by Gasteiger charge is -2.14. The molecule has 4 aromatic rings. The van der Waals surface area contributed by atoms with Gasteiger partial charge in [0.25, 0.3) is 0 Å². The molecule has 0 aliphatic carbocycles. The molecule has 208 valence electrons. The lowest BCUT2D eigenvalue weighted by Crippen LogP contribution is -2.12. The van der Waals surface area contributed by atoms with Gasteiger partial charge < -0.3 is 18.9 Å². The number of benzene rings is 4. The quantitative estimate of drug-likeness (QED) is 0.0907. The van der Waals surface area contributed by atoms with Crippen LogP contribution in [0.4, 0.5) is 0 Å². The molecule has 0 saturated heterocycles. The van der Waals surface area contributed by atoms with E-state index in [1.165, 1.54) is 0 Å². The van der Waals surface area contributed by atoms with Crippen molar-refractivity contribution >= 4 is 28.7 Å². The number of esters is 3. The van der Waals surface area contributed by atoms with Crippen LogP contribution >= 0.6 is 0 Å². The van der Waals surface area contributed by atoms with E-state index in [2.05, 4.69) is 19.2 Å². The van der Waals surface area contributed by atoms with Gasteiger partial charge in [-0.25, -0.2) is 14.4 Å². The predicted octanol–water partition coefficient (Wildman–Crippen LogP) is 7.03. The van der Waals surface area contributed by atoms with Crippen molar-refractivity contribution in [1.82, 2.24) is 0 Å². The summed E-state index contributed by atoms with van der Waals surface area (Å²) < 4.78 is 21.3.